The number of hydrogen-bond donors (Lipinski definition) is 1. The summed E-state index contributed by atoms with van der Waals surface area (Å²) in [5.74, 6) is -1.33. The zero-order chi connectivity index (χ0) is 24.7. The third kappa shape index (κ3) is 6.13. The predicted molar refractivity (Wildman–Crippen MR) is 127 cm³/mol. The van der Waals surface area contributed by atoms with Gasteiger partial charge in [-0.1, -0.05) is 55.0 Å². The minimum absolute atomic E-state index is 0.140. The van der Waals surface area contributed by atoms with Crippen LogP contribution in [0.15, 0.2) is 66.9 Å². The number of aryl methyl sites for hydroxylation is 1. The van der Waals surface area contributed by atoms with Crippen molar-refractivity contribution in [1.82, 2.24) is 4.98 Å². The Kier molecular flexibility index (Phi) is 8.24. The van der Waals surface area contributed by atoms with Gasteiger partial charge in [0.2, 0.25) is 0 Å². The molecule has 1 heterocycles. The molecule has 7 nitrogen and oxygen atoms in total. The van der Waals surface area contributed by atoms with Crippen molar-refractivity contribution >= 4 is 11.8 Å². The fraction of sp³-hybridized carbons (Fsp3) is 0.296. The van der Waals surface area contributed by atoms with Crippen LogP contribution in [0.5, 0.6) is 17.2 Å². The topological polar surface area (TPSA) is 95.0 Å². The molecule has 0 aliphatic heterocycles. The van der Waals surface area contributed by atoms with Gasteiger partial charge in [-0.15, -0.1) is 0 Å². The summed E-state index contributed by atoms with van der Waals surface area (Å²) < 4.78 is 16.9. The molecule has 2 aromatic carbocycles. The van der Waals surface area contributed by atoms with E-state index < -0.39 is 29.9 Å². The van der Waals surface area contributed by atoms with E-state index in [1.807, 2.05) is 61.5 Å². The Hall–Kier alpha value is -3.87. The first kappa shape index (κ1) is 24.8. The van der Waals surface area contributed by atoms with E-state index in [4.69, 9.17) is 14.2 Å². The number of carbonyl (C=O) groups excluding carboxylic acids is 2. The van der Waals surface area contributed by atoms with Crippen molar-refractivity contribution in [2.75, 3.05) is 7.11 Å². The summed E-state index contributed by atoms with van der Waals surface area (Å²) in [5.41, 5.74) is 1.83. The zero-order valence-electron chi connectivity index (χ0n) is 19.7. The van der Waals surface area contributed by atoms with Crippen LogP contribution in [0.1, 0.15) is 48.0 Å². The summed E-state index contributed by atoms with van der Waals surface area (Å²) in [5, 5.41) is 10.2. The molecule has 178 valence electrons. The predicted octanol–water partition coefficient (Wildman–Crippen LogP) is 5.07. The number of esters is 1. The molecule has 3 atom stereocenters. The van der Waals surface area contributed by atoms with Gasteiger partial charge in [-0.3, -0.25) is 9.59 Å². The number of ketones is 1. The standard InChI is InChI=1S/C27H29NO6/c1-17-10-12-21(13-11-17)34-26(20-8-6-5-7-9-20)19(3)33-27(31)18(2)16-22(29)24-25(30)23(32-4)14-15-28-24/h5-15,18-19,26,30H,16H2,1-4H3/t18-,19+,26+/m1/s1. The summed E-state index contributed by atoms with van der Waals surface area (Å²) in [6, 6.07) is 18.6. The molecule has 0 bridgehead atoms. The van der Waals surface area contributed by atoms with Gasteiger partial charge in [0.15, 0.2) is 29.1 Å². The van der Waals surface area contributed by atoms with Crippen LogP contribution in [0, 0.1) is 12.8 Å². The molecule has 0 unspecified atom stereocenters. The highest BCUT2D eigenvalue weighted by Crippen LogP contribution is 2.30. The van der Waals surface area contributed by atoms with E-state index in [9.17, 15) is 14.7 Å². The monoisotopic (exact) mass is 463 g/mol. The smallest absolute Gasteiger partial charge is 0.309 e. The number of carbonyl (C=O) groups is 2. The normalized spacial score (nSPS) is 13.4. The zero-order valence-corrected chi connectivity index (χ0v) is 19.7. The Bertz CT molecular complexity index is 1110. The number of hydrogen-bond acceptors (Lipinski definition) is 7. The fourth-order valence-corrected chi connectivity index (χ4v) is 3.47. The van der Waals surface area contributed by atoms with Crippen LogP contribution in [0.2, 0.25) is 0 Å². The van der Waals surface area contributed by atoms with Crippen LogP contribution in [0.3, 0.4) is 0 Å². The van der Waals surface area contributed by atoms with Crippen LogP contribution in [0.4, 0.5) is 0 Å². The molecule has 0 fully saturated rings. The van der Waals surface area contributed by atoms with Gasteiger partial charge in [0, 0.05) is 18.7 Å². The highest BCUT2D eigenvalue weighted by atomic mass is 16.6. The van der Waals surface area contributed by atoms with Gasteiger partial charge in [0.05, 0.1) is 13.0 Å². The molecule has 1 N–H and O–H groups in total. The number of rotatable bonds is 10. The lowest BCUT2D eigenvalue weighted by Crippen LogP contribution is -2.30. The Morgan fingerprint density at radius 1 is 1.00 bits per heavy atom. The first-order chi connectivity index (χ1) is 16.3. The van der Waals surface area contributed by atoms with Gasteiger partial charge in [-0.05, 0) is 31.5 Å². The molecule has 3 aromatic rings. The Balaban J connectivity index is 1.70. The Morgan fingerprint density at radius 3 is 2.32 bits per heavy atom. The second kappa shape index (κ2) is 11.3. The maximum Gasteiger partial charge on any atom is 0.309 e. The summed E-state index contributed by atoms with van der Waals surface area (Å²) >= 11 is 0. The molecule has 3 rings (SSSR count). The molecule has 0 saturated heterocycles. The maximum absolute atomic E-state index is 12.8. The molecule has 34 heavy (non-hydrogen) atoms. The van der Waals surface area contributed by atoms with Gasteiger partial charge >= 0.3 is 5.97 Å². The van der Waals surface area contributed by atoms with Gasteiger partial charge < -0.3 is 19.3 Å². The van der Waals surface area contributed by atoms with E-state index in [1.54, 1.807) is 13.8 Å². The van der Waals surface area contributed by atoms with Gasteiger partial charge in [-0.25, -0.2) is 4.98 Å². The van der Waals surface area contributed by atoms with Crippen LogP contribution in [-0.2, 0) is 9.53 Å². The van der Waals surface area contributed by atoms with E-state index in [0.717, 1.165) is 11.1 Å². The molecular formula is C27H29NO6. The largest absolute Gasteiger partial charge is 0.503 e. The number of methoxy groups -OCH3 is 1. The maximum atomic E-state index is 12.8. The summed E-state index contributed by atoms with van der Waals surface area (Å²) in [6.07, 6.45) is 0.0228. The number of pyridine rings is 1. The fourth-order valence-electron chi connectivity index (χ4n) is 3.47. The second-order valence-electron chi connectivity index (χ2n) is 8.14. The first-order valence-corrected chi connectivity index (χ1v) is 11.0. The minimum Gasteiger partial charge on any atom is -0.503 e. The summed E-state index contributed by atoms with van der Waals surface area (Å²) in [6.45, 7) is 5.35. The molecule has 0 aliphatic carbocycles. The van der Waals surface area contributed by atoms with E-state index >= 15 is 0 Å². The average Bonchev–Trinajstić information content (AvgIpc) is 2.84. The van der Waals surface area contributed by atoms with Gasteiger partial charge in [0.1, 0.15) is 11.9 Å². The second-order valence-corrected chi connectivity index (χ2v) is 8.14. The van der Waals surface area contributed by atoms with Crippen LogP contribution in [-0.4, -0.2) is 35.1 Å². The Morgan fingerprint density at radius 2 is 1.68 bits per heavy atom. The molecule has 0 spiro atoms. The van der Waals surface area contributed by atoms with Crippen LogP contribution >= 0.6 is 0 Å². The van der Waals surface area contributed by atoms with Crippen molar-refractivity contribution < 1.29 is 28.9 Å². The SMILES string of the molecule is COc1ccnc(C(=O)C[C@@H](C)C(=O)O[C@@H](C)[C@H](Oc2ccc(C)cc2)c2ccccc2)c1O. The van der Waals surface area contributed by atoms with Crippen molar-refractivity contribution in [3.63, 3.8) is 0 Å². The van der Waals surface area contributed by atoms with E-state index in [2.05, 4.69) is 4.98 Å². The van der Waals surface area contributed by atoms with Crippen molar-refractivity contribution in [2.24, 2.45) is 5.92 Å². The van der Waals surface area contributed by atoms with Crippen LogP contribution in [0.25, 0.3) is 0 Å². The van der Waals surface area contributed by atoms with Gasteiger partial charge in [0.25, 0.3) is 0 Å². The lowest BCUT2D eigenvalue weighted by molar-refractivity contribution is -0.157. The number of aromatic nitrogens is 1. The quantitative estimate of drug-likeness (QED) is 0.331. The number of nitrogens with zero attached hydrogens (tertiary/aromatic N) is 1. The van der Waals surface area contributed by atoms with Crippen LogP contribution < -0.4 is 9.47 Å². The highest BCUT2D eigenvalue weighted by molar-refractivity contribution is 5.99. The molecule has 0 radical (unpaired) electrons. The molecule has 7 heteroatoms. The lowest BCUT2D eigenvalue weighted by atomic mass is 10.0. The van der Waals surface area contributed by atoms with Crippen molar-refractivity contribution in [3.8, 4) is 17.2 Å². The van der Waals surface area contributed by atoms with Gasteiger partial charge in [-0.2, -0.15) is 0 Å². The highest BCUT2D eigenvalue weighted by Gasteiger charge is 2.29. The molecule has 0 amide bonds. The van der Waals surface area contributed by atoms with Crippen molar-refractivity contribution in [2.45, 2.75) is 39.4 Å². The number of ether oxygens (including phenoxy) is 3. The van der Waals surface area contributed by atoms with E-state index in [0.29, 0.717) is 5.75 Å². The molecule has 0 aliphatic rings. The average molecular weight is 464 g/mol. The van der Waals surface area contributed by atoms with Crippen molar-refractivity contribution in [1.29, 1.82) is 0 Å². The van der Waals surface area contributed by atoms with E-state index in [-0.39, 0.29) is 23.6 Å². The minimum atomic E-state index is -0.752. The number of benzene rings is 2. The molecule has 0 saturated carbocycles. The molecule has 1 aromatic heterocycles. The Labute approximate surface area is 199 Å². The number of aromatic hydroxyl groups is 1. The number of Topliss-reactive ketones (excluding diaryl/α,β-unsaturated/α-hetero) is 1. The summed E-state index contributed by atoms with van der Waals surface area (Å²) in [7, 11) is 1.38. The molecular weight excluding hydrogens is 434 g/mol. The lowest BCUT2D eigenvalue weighted by Gasteiger charge is -2.26. The third-order valence-electron chi connectivity index (χ3n) is 5.41. The first-order valence-electron chi connectivity index (χ1n) is 11.0. The third-order valence-corrected chi connectivity index (χ3v) is 5.41. The van der Waals surface area contributed by atoms with E-state index in [1.165, 1.54) is 19.4 Å². The van der Waals surface area contributed by atoms with Crippen molar-refractivity contribution in [3.05, 3.63) is 83.7 Å². The summed E-state index contributed by atoms with van der Waals surface area (Å²) in [4.78, 5) is 29.4.